The minimum Gasteiger partial charge on any atom is -0.458 e. The van der Waals surface area contributed by atoms with Gasteiger partial charge in [0.1, 0.15) is 23.3 Å². The molecule has 0 amide bonds. The Balaban J connectivity index is 1.88. The van der Waals surface area contributed by atoms with Gasteiger partial charge in [0.25, 0.3) is 0 Å². The monoisotopic (exact) mass is 290 g/mol. The second-order valence-electron chi connectivity index (χ2n) is 4.64. The zero-order chi connectivity index (χ0) is 14.1. The van der Waals surface area contributed by atoms with Gasteiger partial charge in [-0.1, -0.05) is 29.8 Å². The highest BCUT2D eigenvalue weighted by Crippen LogP contribution is 2.28. The molecule has 0 aliphatic rings. The molecule has 0 fully saturated rings. The number of furan rings is 1. The Kier molecular flexibility index (Phi) is 3.47. The van der Waals surface area contributed by atoms with Gasteiger partial charge in [0.15, 0.2) is 0 Å². The van der Waals surface area contributed by atoms with Crippen molar-refractivity contribution < 1.29 is 13.9 Å². The fourth-order valence-electron chi connectivity index (χ4n) is 2.18. The molecular formula is C16H12ClFO2. The first-order chi connectivity index (χ1) is 9.63. The van der Waals surface area contributed by atoms with E-state index in [2.05, 4.69) is 0 Å². The van der Waals surface area contributed by atoms with E-state index in [-0.39, 0.29) is 12.2 Å². The summed E-state index contributed by atoms with van der Waals surface area (Å²) in [6.45, 7) is 0. The summed E-state index contributed by atoms with van der Waals surface area (Å²) in [4.78, 5) is 0. The van der Waals surface area contributed by atoms with Crippen LogP contribution in [-0.2, 0) is 6.42 Å². The minimum atomic E-state index is -0.860. The van der Waals surface area contributed by atoms with Crippen molar-refractivity contribution in [3.8, 4) is 0 Å². The Morgan fingerprint density at radius 2 is 1.95 bits per heavy atom. The average Bonchev–Trinajstić information content (AvgIpc) is 2.87. The Hall–Kier alpha value is -1.84. The molecule has 0 saturated heterocycles. The maximum Gasteiger partial charge on any atom is 0.134 e. The number of benzene rings is 2. The normalized spacial score (nSPS) is 12.8. The lowest BCUT2D eigenvalue weighted by molar-refractivity contribution is 0.152. The van der Waals surface area contributed by atoms with Gasteiger partial charge in [-0.15, -0.1) is 0 Å². The first kappa shape index (κ1) is 13.2. The van der Waals surface area contributed by atoms with Crippen molar-refractivity contribution in [2.75, 3.05) is 0 Å². The SMILES string of the molecule is OC(Cc1cc(F)ccc1Cl)c1cc2ccccc2o1. The molecule has 2 nitrogen and oxygen atoms in total. The summed E-state index contributed by atoms with van der Waals surface area (Å²) < 4.78 is 18.8. The number of hydrogen-bond acceptors (Lipinski definition) is 2. The summed E-state index contributed by atoms with van der Waals surface area (Å²) in [5, 5.41) is 11.6. The lowest BCUT2D eigenvalue weighted by atomic mass is 10.1. The van der Waals surface area contributed by atoms with E-state index in [9.17, 15) is 9.50 Å². The van der Waals surface area contributed by atoms with Crippen LogP contribution in [0.1, 0.15) is 17.4 Å². The van der Waals surface area contributed by atoms with E-state index in [1.165, 1.54) is 18.2 Å². The highest BCUT2D eigenvalue weighted by molar-refractivity contribution is 6.31. The van der Waals surface area contributed by atoms with Gasteiger partial charge in [-0.05, 0) is 35.9 Å². The molecule has 0 radical (unpaired) electrons. The molecule has 1 atom stereocenters. The van der Waals surface area contributed by atoms with Gasteiger partial charge in [0, 0.05) is 16.8 Å². The molecule has 20 heavy (non-hydrogen) atoms. The predicted octanol–water partition coefficient (Wildman–Crippen LogP) is 4.50. The van der Waals surface area contributed by atoms with Crippen LogP contribution >= 0.6 is 11.6 Å². The maximum atomic E-state index is 13.2. The van der Waals surface area contributed by atoms with E-state index in [0.717, 1.165) is 5.39 Å². The molecule has 3 aromatic rings. The third-order valence-electron chi connectivity index (χ3n) is 3.19. The number of fused-ring (bicyclic) bond motifs is 1. The van der Waals surface area contributed by atoms with Crippen LogP contribution in [0.25, 0.3) is 11.0 Å². The van der Waals surface area contributed by atoms with Crippen LogP contribution in [0.2, 0.25) is 5.02 Å². The quantitative estimate of drug-likeness (QED) is 0.770. The molecule has 0 aliphatic heterocycles. The molecule has 0 saturated carbocycles. The van der Waals surface area contributed by atoms with Crippen molar-refractivity contribution in [1.29, 1.82) is 0 Å². The van der Waals surface area contributed by atoms with Gasteiger partial charge in [-0.2, -0.15) is 0 Å². The molecule has 1 aromatic heterocycles. The first-order valence-electron chi connectivity index (χ1n) is 6.24. The largest absolute Gasteiger partial charge is 0.458 e. The zero-order valence-corrected chi connectivity index (χ0v) is 11.3. The number of aliphatic hydroxyl groups is 1. The number of halogens is 2. The lowest BCUT2D eigenvalue weighted by Crippen LogP contribution is -2.01. The molecule has 1 N–H and O–H groups in total. The highest BCUT2D eigenvalue weighted by atomic mass is 35.5. The van der Waals surface area contributed by atoms with Crippen LogP contribution in [0, 0.1) is 5.82 Å². The predicted molar refractivity (Wildman–Crippen MR) is 76.3 cm³/mol. The maximum absolute atomic E-state index is 13.2. The molecule has 0 aliphatic carbocycles. The van der Waals surface area contributed by atoms with Crippen molar-refractivity contribution in [2.24, 2.45) is 0 Å². The summed E-state index contributed by atoms with van der Waals surface area (Å²) in [6, 6.07) is 13.4. The third kappa shape index (κ3) is 2.55. The summed E-state index contributed by atoms with van der Waals surface area (Å²) in [5.74, 6) is 0.0766. The molecule has 0 spiro atoms. The number of rotatable bonds is 3. The van der Waals surface area contributed by atoms with E-state index in [1.807, 2.05) is 24.3 Å². The summed E-state index contributed by atoms with van der Waals surface area (Å²) in [6.07, 6.45) is -0.655. The van der Waals surface area contributed by atoms with E-state index in [4.69, 9.17) is 16.0 Å². The van der Waals surface area contributed by atoms with Gasteiger partial charge < -0.3 is 9.52 Å². The molecule has 102 valence electrons. The standard InChI is InChI=1S/C16H12ClFO2/c17-13-6-5-12(18)7-11(13)8-14(19)16-9-10-3-1-2-4-15(10)20-16/h1-7,9,14,19H,8H2. The smallest absolute Gasteiger partial charge is 0.134 e. The highest BCUT2D eigenvalue weighted by Gasteiger charge is 2.16. The second kappa shape index (κ2) is 5.27. The van der Waals surface area contributed by atoms with Gasteiger partial charge in [0.05, 0.1) is 0 Å². The minimum absolute atomic E-state index is 0.205. The van der Waals surface area contributed by atoms with Crippen LogP contribution < -0.4 is 0 Å². The molecule has 4 heteroatoms. The number of hydrogen-bond donors (Lipinski definition) is 1. The molecule has 1 heterocycles. The Bertz CT molecular complexity index is 718. The molecule has 2 aromatic carbocycles. The Morgan fingerprint density at radius 3 is 2.75 bits per heavy atom. The van der Waals surface area contributed by atoms with Crippen molar-refractivity contribution in [2.45, 2.75) is 12.5 Å². The van der Waals surface area contributed by atoms with Crippen LogP contribution in [0.15, 0.2) is 52.9 Å². The van der Waals surface area contributed by atoms with E-state index in [0.29, 0.717) is 21.9 Å². The van der Waals surface area contributed by atoms with E-state index in [1.54, 1.807) is 6.07 Å². The van der Waals surface area contributed by atoms with Crippen molar-refractivity contribution in [3.63, 3.8) is 0 Å². The Labute approximate surface area is 120 Å². The van der Waals surface area contributed by atoms with Gasteiger partial charge in [0.2, 0.25) is 0 Å². The van der Waals surface area contributed by atoms with Crippen molar-refractivity contribution in [1.82, 2.24) is 0 Å². The zero-order valence-electron chi connectivity index (χ0n) is 10.5. The topological polar surface area (TPSA) is 33.4 Å². The summed E-state index contributed by atoms with van der Waals surface area (Å²) in [5.41, 5.74) is 1.27. The second-order valence-corrected chi connectivity index (χ2v) is 5.05. The van der Waals surface area contributed by atoms with Gasteiger partial charge in [-0.25, -0.2) is 4.39 Å². The van der Waals surface area contributed by atoms with Crippen LogP contribution in [0.3, 0.4) is 0 Å². The van der Waals surface area contributed by atoms with Gasteiger partial charge in [-0.3, -0.25) is 0 Å². The van der Waals surface area contributed by atoms with Crippen LogP contribution in [0.5, 0.6) is 0 Å². The molecule has 3 rings (SSSR count). The Morgan fingerprint density at radius 1 is 1.15 bits per heavy atom. The average molecular weight is 291 g/mol. The van der Waals surface area contributed by atoms with Crippen LogP contribution in [-0.4, -0.2) is 5.11 Å². The summed E-state index contributed by atoms with van der Waals surface area (Å²) >= 11 is 6.00. The molecule has 0 bridgehead atoms. The molecule has 1 unspecified atom stereocenters. The third-order valence-corrected chi connectivity index (χ3v) is 3.56. The number of aliphatic hydroxyl groups excluding tert-OH is 1. The molecular weight excluding hydrogens is 279 g/mol. The van der Waals surface area contributed by atoms with Crippen molar-refractivity contribution >= 4 is 22.6 Å². The van der Waals surface area contributed by atoms with Gasteiger partial charge >= 0.3 is 0 Å². The lowest BCUT2D eigenvalue weighted by Gasteiger charge is -2.09. The van der Waals surface area contributed by atoms with Crippen molar-refractivity contribution in [3.05, 3.63) is 70.7 Å². The number of para-hydroxylation sites is 1. The fraction of sp³-hybridized carbons (Fsp3) is 0.125. The van der Waals surface area contributed by atoms with E-state index >= 15 is 0 Å². The summed E-state index contributed by atoms with van der Waals surface area (Å²) in [7, 11) is 0. The fourth-order valence-corrected chi connectivity index (χ4v) is 2.37. The van der Waals surface area contributed by atoms with Crippen LogP contribution in [0.4, 0.5) is 4.39 Å². The first-order valence-corrected chi connectivity index (χ1v) is 6.62. The van der Waals surface area contributed by atoms with E-state index < -0.39 is 6.10 Å².